The van der Waals surface area contributed by atoms with E-state index >= 15 is 0 Å². The highest BCUT2D eigenvalue weighted by Crippen LogP contribution is 2.25. The van der Waals surface area contributed by atoms with E-state index in [2.05, 4.69) is 49.3 Å². The SMILES string of the molecule is Cc1cc(C)cc(NC(N)=NCC2(C)CCCO2)c1. The largest absolute Gasteiger partial charge is 0.373 e. The highest BCUT2D eigenvalue weighted by molar-refractivity contribution is 5.92. The maximum absolute atomic E-state index is 5.93. The summed E-state index contributed by atoms with van der Waals surface area (Å²) in [7, 11) is 0. The average molecular weight is 261 g/mol. The maximum Gasteiger partial charge on any atom is 0.193 e. The third kappa shape index (κ3) is 3.96. The quantitative estimate of drug-likeness (QED) is 0.649. The molecule has 19 heavy (non-hydrogen) atoms. The Morgan fingerprint density at radius 1 is 1.37 bits per heavy atom. The molecule has 0 aromatic heterocycles. The van der Waals surface area contributed by atoms with Crippen LogP contribution in [0.5, 0.6) is 0 Å². The van der Waals surface area contributed by atoms with Crippen molar-refractivity contribution in [2.45, 2.75) is 39.2 Å². The van der Waals surface area contributed by atoms with E-state index in [1.807, 2.05) is 0 Å². The molecule has 2 rings (SSSR count). The van der Waals surface area contributed by atoms with Crippen LogP contribution in [0, 0.1) is 13.8 Å². The van der Waals surface area contributed by atoms with Crippen LogP contribution < -0.4 is 11.1 Å². The second-order valence-corrected chi connectivity index (χ2v) is 5.60. The molecule has 1 atom stereocenters. The van der Waals surface area contributed by atoms with Gasteiger partial charge in [0.1, 0.15) is 0 Å². The molecule has 0 radical (unpaired) electrons. The van der Waals surface area contributed by atoms with Gasteiger partial charge >= 0.3 is 0 Å². The first-order valence-corrected chi connectivity index (χ1v) is 6.76. The van der Waals surface area contributed by atoms with Crippen molar-refractivity contribution in [2.24, 2.45) is 10.7 Å². The van der Waals surface area contributed by atoms with Crippen molar-refractivity contribution in [3.8, 4) is 0 Å². The van der Waals surface area contributed by atoms with E-state index in [0.29, 0.717) is 12.5 Å². The molecule has 4 heteroatoms. The van der Waals surface area contributed by atoms with Crippen molar-refractivity contribution in [1.82, 2.24) is 0 Å². The monoisotopic (exact) mass is 261 g/mol. The number of benzene rings is 1. The van der Waals surface area contributed by atoms with Gasteiger partial charge in [-0.25, -0.2) is 0 Å². The number of hydrogen-bond acceptors (Lipinski definition) is 2. The van der Waals surface area contributed by atoms with Crippen LogP contribution in [-0.4, -0.2) is 24.7 Å². The average Bonchev–Trinajstić information content (AvgIpc) is 2.73. The van der Waals surface area contributed by atoms with Gasteiger partial charge in [-0.05, 0) is 56.9 Å². The Bertz CT molecular complexity index is 456. The zero-order valence-corrected chi connectivity index (χ0v) is 12.0. The van der Waals surface area contributed by atoms with Crippen molar-refractivity contribution in [3.05, 3.63) is 29.3 Å². The molecule has 1 aliphatic heterocycles. The van der Waals surface area contributed by atoms with Crippen LogP contribution >= 0.6 is 0 Å². The summed E-state index contributed by atoms with van der Waals surface area (Å²) in [6.45, 7) is 7.67. The number of anilines is 1. The third-order valence-electron chi connectivity index (χ3n) is 3.38. The van der Waals surface area contributed by atoms with Crippen molar-refractivity contribution in [1.29, 1.82) is 0 Å². The van der Waals surface area contributed by atoms with Gasteiger partial charge in [0.2, 0.25) is 0 Å². The summed E-state index contributed by atoms with van der Waals surface area (Å²) in [6.07, 6.45) is 2.16. The zero-order chi connectivity index (χ0) is 13.9. The fourth-order valence-electron chi connectivity index (χ4n) is 2.45. The first-order valence-electron chi connectivity index (χ1n) is 6.76. The van der Waals surface area contributed by atoms with E-state index in [1.54, 1.807) is 0 Å². The first-order chi connectivity index (χ1) is 8.97. The molecule has 1 aromatic carbocycles. The summed E-state index contributed by atoms with van der Waals surface area (Å²) in [6, 6.07) is 6.25. The molecule has 1 heterocycles. The highest BCUT2D eigenvalue weighted by Gasteiger charge is 2.29. The van der Waals surface area contributed by atoms with Gasteiger partial charge in [0.15, 0.2) is 5.96 Å². The molecule has 3 N–H and O–H groups in total. The zero-order valence-electron chi connectivity index (χ0n) is 12.0. The van der Waals surface area contributed by atoms with Gasteiger partial charge in [-0.3, -0.25) is 4.99 Å². The van der Waals surface area contributed by atoms with Crippen molar-refractivity contribution in [3.63, 3.8) is 0 Å². The summed E-state index contributed by atoms with van der Waals surface area (Å²) in [5.74, 6) is 0.446. The lowest BCUT2D eigenvalue weighted by molar-refractivity contribution is 0.0284. The van der Waals surface area contributed by atoms with Gasteiger partial charge in [-0.2, -0.15) is 0 Å². The molecule has 0 amide bonds. The number of hydrogen-bond donors (Lipinski definition) is 2. The Morgan fingerprint density at radius 2 is 2.05 bits per heavy atom. The second kappa shape index (κ2) is 5.61. The number of aliphatic imine (C=N–C) groups is 1. The number of ether oxygens (including phenoxy) is 1. The lowest BCUT2D eigenvalue weighted by Gasteiger charge is -2.20. The van der Waals surface area contributed by atoms with Gasteiger partial charge < -0.3 is 15.8 Å². The van der Waals surface area contributed by atoms with E-state index < -0.39 is 0 Å². The topological polar surface area (TPSA) is 59.6 Å². The van der Waals surface area contributed by atoms with E-state index in [1.165, 1.54) is 11.1 Å². The fraction of sp³-hybridized carbons (Fsp3) is 0.533. The number of aryl methyl sites for hydroxylation is 2. The minimum absolute atomic E-state index is 0.144. The molecule has 1 fully saturated rings. The van der Waals surface area contributed by atoms with Crippen molar-refractivity contribution in [2.75, 3.05) is 18.5 Å². The van der Waals surface area contributed by atoms with Gasteiger partial charge in [0.05, 0.1) is 12.1 Å². The van der Waals surface area contributed by atoms with Crippen molar-refractivity contribution < 1.29 is 4.74 Å². The summed E-state index contributed by atoms with van der Waals surface area (Å²) < 4.78 is 5.69. The Hall–Kier alpha value is -1.55. The number of guanidine groups is 1. The van der Waals surface area contributed by atoms with Gasteiger partial charge in [0.25, 0.3) is 0 Å². The van der Waals surface area contributed by atoms with Crippen LogP contribution in [-0.2, 0) is 4.74 Å². The van der Waals surface area contributed by atoms with Crippen LogP contribution in [0.15, 0.2) is 23.2 Å². The predicted octanol–water partition coefficient (Wildman–Crippen LogP) is 2.60. The Labute approximate surface area is 115 Å². The number of nitrogens with zero attached hydrogens (tertiary/aromatic N) is 1. The van der Waals surface area contributed by atoms with E-state index in [4.69, 9.17) is 10.5 Å². The number of rotatable bonds is 3. The van der Waals surface area contributed by atoms with Gasteiger partial charge in [-0.1, -0.05) is 6.07 Å². The minimum Gasteiger partial charge on any atom is -0.373 e. The molecular weight excluding hydrogens is 238 g/mol. The third-order valence-corrected chi connectivity index (χ3v) is 3.38. The highest BCUT2D eigenvalue weighted by atomic mass is 16.5. The normalized spacial score (nSPS) is 23.6. The molecule has 0 saturated carbocycles. The standard InChI is InChI=1S/C15H23N3O/c1-11-7-12(2)9-13(8-11)18-14(16)17-10-15(3)5-4-6-19-15/h7-9H,4-6,10H2,1-3H3,(H3,16,17,18). The second-order valence-electron chi connectivity index (χ2n) is 5.60. The molecule has 4 nitrogen and oxygen atoms in total. The Morgan fingerprint density at radius 3 is 2.63 bits per heavy atom. The Kier molecular flexibility index (Phi) is 4.10. The van der Waals surface area contributed by atoms with Gasteiger partial charge in [-0.15, -0.1) is 0 Å². The molecule has 0 aliphatic carbocycles. The summed E-state index contributed by atoms with van der Waals surface area (Å²) in [5.41, 5.74) is 9.18. The number of nitrogens with two attached hydrogens (primary N) is 1. The maximum atomic E-state index is 5.93. The van der Waals surface area contributed by atoms with E-state index in [0.717, 1.165) is 25.1 Å². The summed E-state index contributed by atoms with van der Waals surface area (Å²) in [5, 5.41) is 3.14. The van der Waals surface area contributed by atoms with Crippen molar-refractivity contribution >= 4 is 11.6 Å². The van der Waals surface area contributed by atoms with Crippen LogP contribution in [0.1, 0.15) is 30.9 Å². The van der Waals surface area contributed by atoms with Crippen LogP contribution in [0.2, 0.25) is 0 Å². The molecule has 1 aliphatic rings. The van der Waals surface area contributed by atoms with Gasteiger partial charge in [0, 0.05) is 12.3 Å². The lowest BCUT2D eigenvalue weighted by Crippen LogP contribution is -2.30. The molecule has 0 bridgehead atoms. The Balaban J connectivity index is 1.98. The first kappa shape index (κ1) is 13.9. The molecule has 0 spiro atoms. The molecule has 1 unspecified atom stereocenters. The fourth-order valence-corrected chi connectivity index (χ4v) is 2.45. The number of nitrogens with one attached hydrogen (secondary N) is 1. The smallest absolute Gasteiger partial charge is 0.193 e. The minimum atomic E-state index is -0.144. The van der Waals surface area contributed by atoms with E-state index in [-0.39, 0.29) is 5.60 Å². The van der Waals surface area contributed by atoms with Crippen LogP contribution in [0.3, 0.4) is 0 Å². The molecule has 1 saturated heterocycles. The molecular formula is C15H23N3O. The summed E-state index contributed by atoms with van der Waals surface area (Å²) in [4.78, 5) is 4.39. The molecule has 104 valence electrons. The van der Waals surface area contributed by atoms with Crippen LogP contribution in [0.25, 0.3) is 0 Å². The lowest BCUT2D eigenvalue weighted by atomic mass is 10.0. The van der Waals surface area contributed by atoms with E-state index in [9.17, 15) is 0 Å². The van der Waals surface area contributed by atoms with Crippen LogP contribution in [0.4, 0.5) is 5.69 Å². The predicted molar refractivity (Wildman–Crippen MR) is 79.6 cm³/mol. The summed E-state index contributed by atoms with van der Waals surface area (Å²) >= 11 is 0. The molecule has 1 aromatic rings.